The molecule has 6 heteroatoms. The van der Waals surface area contributed by atoms with E-state index in [-0.39, 0.29) is 17.5 Å². The number of esters is 1. The zero-order valence-electron chi connectivity index (χ0n) is 13.9. The number of para-hydroxylation sites is 2. The molecule has 1 saturated carbocycles. The van der Waals surface area contributed by atoms with Gasteiger partial charge in [0.1, 0.15) is 17.5 Å². The number of fused-ring (bicyclic) bond motifs is 1. The molecule has 24 heavy (non-hydrogen) atoms. The average molecular weight is 325 g/mol. The lowest BCUT2D eigenvalue weighted by molar-refractivity contribution is -0.148. The second-order valence-electron chi connectivity index (χ2n) is 6.27. The second-order valence-corrected chi connectivity index (χ2v) is 6.27. The Morgan fingerprint density at radius 3 is 2.25 bits per heavy atom. The minimum Gasteiger partial charge on any atom is -0.457 e. The SMILES string of the molecule is C[C@H]1C[C@H]1C(=O)OCC(=O)C(C#N)=C1N(C)c2ccccc2N1C. The molecule has 2 atom stereocenters. The van der Waals surface area contributed by atoms with Crippen LogP contribution in [0.2, 0.25) is 0 Å². The van der Waals surface area contributed by atoms with Crippen LogP contribution in [-0.4, -0.2) is 32.5 Å². The fourth-order valence-electron chi connectivity index (χ4n) is 3.02. The Hall–Kier alpha value is -2.81. The van der Waals surface area contributed by atoms with Gasteiger partial charge >= 0.3 is 5.97 Å². The van der Waals surface area contributed by atoms with Crippen molar-refractivity contribution in [3.63, 3.8) is 0 Å². The van der Waals surface area contributed by atoms with Crippen LogP contribution in [-0.2, 0) is 14.3 Å². The number of Topliss-reactive ketones (excluding diaryl/α,β-unsaturated/α-hetero) is 1. The fraction of sp³-hybridized carbons (Fsp3) is 0.389. The van der Waals surface area contributed by atoms with Crippen molar-refractivity contribution in [2.24, 2.45) is 11.8 Å². The van der Waals surface area contributed by atoms with E-state index in [0.717, 1.165) is 17.8 Å². The zero-order valence-corrected chi connectivity index (χ0v) is 13.9. The molecule has 0 N–H and O–H groups in total. The molecule has 1 aliphatic heterocycles. The van der Waals surface area contributed by atoms with E-state index in [4.69, 9.17) is 4.74 Å². The topological polar surface area (TPSA) is 73.6 Å². The molecule has 1 aromatic rings. The molecule has 0 radical (unpaired) electrons. The third-order valence-electron chi connectivity index (χ3n) is 4.61. The van der Waals surface area contributed by atoms with Gasteiger partial charge in [0.05, 0.1) is 17.3 Å². The van der Waals surface area contributed by atoms with E-state index in [1.807, 2.05) is 37.3 Å². The van der Waals surface area contributed by atoms with Gasteiger partial charge in [-0.05, 0) is 24.5 Å². The number of rotatable bonds is 4. The zero-order chi connectivity index (χ0) is 17.4. The predicted octanol–water partition coefficient (Wildman–Crippen LogP) is 2.08. The van der Waals surface area contributed by atoms with Crippen molar-refractivity contribution in [3.8, 4) is 6.07 Å². The Balaban J connectivity index is 1.80. The highest BCUT2D eigenvalue weighted by molar-refractivity contribution is 6.04. The van der Waals surface area contributed by atoms with Crippen LogP contribution in [0.25, 0.3) is 0 Å². The minimum atomic E-state index is -0.486. The summed E-state index contributed by atoms with van der Waals surface area (Å²) in [6.07, 6.45) is 0.806. The first-order valence-electron chi connectivity index (χ1n) is 7.86. The van der Waals surface area contributed by atoms with Crippen LogP contribution < -0.4 is 9.80 Å². The van der Waals surface area contributed by atoms with Crippen LogP contribution in [0.3, 0.4) is 0 Å². The van der Waals surface area contributed by atoms with Crippen molar-refractivity contribution in [2.45, 2.75) is 13.3 Å². The van der Waals surface area contributed by atoms with E-state index >= 15 is 0 Å². The van der Waals surface area contributed by atoms with Crippen molar-refractivity contribution in [1.29, 1.82) is 5.26 Å². The summed E-state index contributed by atoms with van der Waals surface area (Å²) in [6, 6.07) is 9.62. The van der Waals surface area contributed by atoms with Gasteiger partial charge in [0.2, 0.25) is 5.78 Å². The Bertz CT molecular complexity index is 747. The number of hydrogen-bond donors (Lipinski definition) is 0. The van der Waals surface area contributed by atoms with Gasteiger partial charge in [-0.25, -0.2) is 0 Å². The largest absolute Gasteiger partial charge is 0.457 e. The maximum atomic E-state index is 12.4. The Morgan fingerprint density at radius 1 is 1.25 bits per heavy atom. The quantitative estimate of drug-likeness (QED) is 0.479. The standard InChI is InChI=1S/C18H19N3O3/c1-11-8-12(11)18(23)24-10-16(22)13(9-19)17-20(2)14-6-4-5-7-15(14)21(17)3/h4-7,11-12H,8,10H2,1-3H3/t11-,12+/m0/s1. The van der Waals surface area contributed by atoms with Crippen molar-refractivity contribution < 1.29 is 14.3 Å². The van der Waals surface area contributed by atoms with Gasteiger partial charge in [0.15, 0.2) is 6.61 Å². The first-order chi connectivity index (χ1) is 11.5. The highest BCUT2D eigenvalue weighted by Gasteiger charge is 2.41. The van der Waals surface area contributed by atoms with Gasteiger partial charge in [0, 0.05) is 14.1 Å². The van der Waals surface area contributed by atoms with Gasteiger partial charge in [-0.2, -0.15) is 5.26 Å². The Morgan fingerprint density at radius 2 is 1.79 bits per heavy atom. The number of carbonyl (C=O) groups excluding carboxylic acids is 2. The van der Waals surface area contributed by atoms with Gasteiger partial charge in [-0.15, -0.1) is 0 Å². The second kappa shape index (κ2) is 6.00. The molecule has 1 aliphatic carbocycles. The summed E-state index contributed by atoms with van der Waals surface area (Å²) in [5.74, 6) is -0.116. The molecule has 0 spiro atoms. The summed E-state index contributed by atoms with van der Waals surface area (Å²) in [5, 5.41) is 9.48. The smallest absolute Gasteiger partial charge is 0.309 e. The molecular weight excluding hydrogens is 306 g/mol. The average Bonchev–Trinajstić information content (AvgIpc) is 3.27. The van der Waals surface area contributed by atoms with E-state index in [1.54, 1.807) is 23.9 Å². The highest BCUT2D eigenvalue weighted by Crippen LogP contribution is 2.40. The lowest BCUT2D eigenvalue weighted by Crippen LogP contribution is -2.28. The molecule has 1 aromatic carbocycles. The summed E-state index contributed by atoms with van der Waals surface area (Å²) in [4.78, 5) is 27.8. The maximum Gasteiger partial charge on any atom is 0.309 e. The van der Waals surface area contributed by atoms with Gasteiger partial charge in [-0.1, -0.05) is 19.1 Å². The number of anilines is 2. The first kappa shape index (κ1) is 16.1. The third kappa shape index (κ3) is 2.62. The number of ether oxygens (including phenoxy) is 1. The van der Waals surface area contributed by atoms with E-state index in [1.165, 1.54) is 0 Å². The molecule has 3 rings (SSSR count). The highest BCUT2D eigenvalue weighted by atomic mass is 16.5. The fourth-order valence-corrected chi connectivity index (χ4v) is 3.02. The minimum absolute atomic E-state index is 0.00662. The number of ketones is 1. The lowest BCUT2D eigenvalue weighted by Gasteiger charge is -2.19. The van der Waals surface area contributed by atoms with Crippen LogP contribution in [0.15, 0.2) is 35.7 Å². The van der Waals surface area contributed by atoms with E-state index < -0.39 is 12.4 Å². The molecule has 1 heterocycles. The van der Waals surface area contributed by atoms with Crippen LogP contribution in [0, 0.1) is 23.2 Å². The third-order valence-corrected chi connectivity index (χ3v) is 4.61. The van der Waals surface area contributed by atoms with Gasteiger partial charge in [-0.3, -0.25) is 9.59 Å². The molecule has 1 fully saturated rings. The Labute approximate surface area is 140 Å². The number of nitriles is 1. The molecule has 6 nitrogen and oxygen atoms in total. The molecule has 0 aromatic heterocycles. The van der Waals surface area contributed by atoms with Crippen molar-refractivity contribution in [2.75, 3.05) is 30.5 Å². The summed E-state index contributed by atoms with van der Waals surface area (Å²) in [5.41, 5.74) is 1.83. The molecule has 0 unspecified atom stereocenters. The van der Waals surface area contributed by atoms with Crippen molar-refractivity contribution >= 4 is 23.1 Å². The van der Waals surface area contributed by atoms with E-state index in [9.17, 15) is 14.9 Å². The van der Waals surface area contributed by atoms with E-state index in [2.05, 4.69) is 0 Å². The predicted molar refractivity (Wildman–Crippen MR) is 89.1 cm³/mol. The molecule has 0 amide bonds. The summed E-state index contributed by atoms with van der Waals surface area (Å²) in [6.45, 7) is 1.57. The van der Waals surface area contributed by atoms with Crippen LogP contribution >= 0.6 is 0 Å². The number of hydrogen-bond acceptors (Lipinski definition) is 6. The van der Waals surface area contributed by atoms with Crippen LogP contribution in [0.5, 0.6) is 0 Å². The number of nitrogens with zero attached hydrogens (tertiary/aromatic N) is 3. The lowest BCUT2D eigenvalue weighted by atomic mass is 10.2. The number of carbonyl (C=O) groups is 2. The van der Waals surface area contributed by atoms with Crippen LogP contribution in [0.1, 0.15) is 13.3 Å². The normalized spacial score (nSPS) is 21.2. The molecular formula is C18H19N3O3. The molecule has 0 saturated heterocycles. The summed E-state index contributed by atoms with van der Waals surface area (Å²) in [7, 11) is 3.61. The van der Waals surface area contributed by atoms with Gasteiger partial charge in [0.25, 0.3) is 0 Å². The van der Waals surface area contributed by atoms with Gasteiger partial charge < -0.3 is 14.5 Å². The monoisotopic (exact) mass is 325 g/mol. The van der Waals surface area contributed by atoms with Crippen LogP contribution in [0.4, 0.5) is 11.4 Å². The number of benzene rings is 1. The van der Waals surface area contributed by atoms with E-state index in [0.29, 0.717) is 11.7 Å². The maximum absolute atomic E-state index is 12.4. The first-order valence-corrected chi connectivity index (χ1v) is 7.86. The summed E-state index contributed by atoms with van der Waals surface area (Å²) < 4.78 is 5.08. The molecule has 0 bridgehead atoms. The Kier molecular flexibility index (Phi) is 4.02. The van der Waals surface area contributed by atoms with Crippen molar-refractivity contribution in [1.82, 2.24) is 0 Å². The summed E-state index contributed by atoms with van der Waals surface area (Å²) >= 11 is 0. The van der Waals surface area contributed by atoms with Crippen molar-refractivity contribution in [3.05, 3.63) is 35.7 Å². The molecule has 124 valence electrons. The molecule has 2 aliphatic rings.